The minimum absolute atomic E-state index is 0.101. The Labute approximate surface area is 189 Å². The lowest BCUT2D eigenvalue weighted by Crippen LogP contribution is -2.42. The smallest absolute Gasteiger partial charge is 0.341 e. The number of nitrogens with one attached hydrogen (secondary N) is 1. The van der Waals surface area contributed by atoms with Gasteiger partial charge in [0.15, 0.2) is 0 Å². The largest absolute Gasteiger partial charge is 0.493 e. The maximum atomic E-state index is 13.6. The number of rotatable bonds is 8. The molecule has 0 aromatic heterocycles. The normalized spacial score (nSPS) is 15.2. The topological polar surface area (TPSA) is 64.6 Å². The molecular weight excluding hydrogens is 414 g/mol. The van der Waals surface area contributed by atoms with E-state index in [1.807, 2.05) is 24.3 Å². The third-order valence-electron chi connectivity index (χ3n) is 5.93. The predicted octanol–water partition coefficient (Wildman–Crippen LogP) is 6.15. The van der Waals surface area contributed by atoms with E-state index < -0.39 is 11.4 Å². The fraction of sp³-hybridized carbons (Fsp3) is 0.440. The molecule has 2 aromatic carbocycles. The summed E-state index contributed by atoms with van der Waals surface area (Å²) in [6.45, 7) is 2.59. The molecule has 1 amide bonds. The van der Waals surface area contributed by atoms with Gasteiger partial charge in [0, 0.05) is 10.7 Å². The van der Waals surface area contributed by atoms with Crippen molar-refractivity contribution in [1.82, 2.24) is 0 Å². The van der Waals surface area contributed by atoms with E-state index >= 15 is 0 Å². The van der Waals surface area contributed by atoms with E-state index in [1.54, 1.807) is 18.2 Å². The highest BCUT2D eigenvalue weighted by molar-refractivity contribution is 6.31. The molecule has 166 valence electrons. The van der Waals surface area contributed by atoms with Crippen molar-refractivity contribution in [1.29, 1.82) is 0 Å². The lowest BCUT2D eigenvalue weighted by molar-refractivity contribution is -0.122. The van der Waals surface area contributed by atoms with Crippen molar-refractivity contribution in [3.63, 3.8) is 0 Å². The summed E-state index contributed by atoms with van der Waals surface area (Å²) in [5, 5.41) is 3.64. The zero-order valence-corrected chi connectivity index (χ0v) is 19.0. The number of hydrogen-bond donors (Lipinski definition) is 1. The molecular formula is C25H30ClNO4. The summed E-state index contributed by atoms with van der Waals surface area (Å²) in [6.07, 6.45) is 6.41. The van der Waals surface area contributed by atoms with Gasteiger partial charge >= 0.3 is 5.97 Å². The standard InChI is InChI=1S/C25H30ClNO4/c1-3-4-16-31-22-13-12-18(17-19(22)23(28)30-2)27-24(29)25(14-8-5-9-15-25)20-10-6-7-11-21(20)26/h6-7,10-13,17H,3-5,8-9,14-16H2,1-2H3,(H,27,29). The molecule has 5 nitrogen and oxygen atoms in total. The molecule has 1 saturated carbocycles. The fourth-order valence-electron chi connectivity index (χ4n) is 4.20. The van der Waals surface area contributed by atoms with Gasteiger partial charge in [0.05, 0.1) is 19.1 Å². The zero-order chi connectivity index (χ0) is 22.3. The Kier molecular flexibility index (Phi) is 7.97. The molecule has 3 rings (SSSR count). The van der Waals surface area contributed by atoms with Gasteiger partial charge in [0.25, 0.3) is 0 Å². The second-order valence-electron chi connectivity index (χ2n) is 7.98. The van der Waals surface area contributed by atoms with E-state index in [0.29, 0.717) is 28.6 Å². The van der Waals surface area contributed by atoms with Crippen molar-refractivity contribution in [2.75, 3.05) is 19.0 Å². The summed E-state index contributed by atoms with van der Waals surface area (Å²) in [4.78, 5) is 25.9. The lowest BCUT2D eigenvalue weighted by Gasteiger charge is -2.37. The van der Waals surface area contributed by atoms with Crippen LogP contribution < -0.4 is 10.1 Å². The van der Waals surface area contributed by atoms with Crippen molar-refractivity contribution >= 4 is 29.2 Å². The van der Waals surface area contributed by atoms with E-state index in [1.165, 1.54) is 7.11 Å². The number of carbonyl (C=O) groups is 2. The number of ether oxygens (including phenoxy) is 2. The monoisotopic (exact) mass is 443 g/mol. The maximum absolute atomic E-state index is 13.6. The maximum Gasteiger partial charge on any atom is 0.341 e. The van der Waals surface area contributed by atoms with Gasteiger partial charge < -0.3 is 14.8 Å². The van der Waals surface area contributed by atoms with Gasteiger partial charge in [0.1, 0.15) is 11.3 Å². The van der Waals surface area contributed by atoms with Gasteiger partial charge in [-0.1, -0.05) is 62.4 Å². The number of halogens is 1. The SMILES string of the molecule is CCCCOc1ccc(NC(=O)C2(c3ccccc3Cl)CCCCC2)cc1C(=O)OC. The summed E-state index contributed by atoms with van der Waals surface area (Å²) in [7, 11) is 1.33. The van der Waals surface area contributed by atoms with Crippen LogP contribution in [0.25, 0.3) is 0 Å². The van der Waals surface area contributed by atoms with Crippen molar-refractivity contribution in [3.8, 4) is 5.75 Å². The van der Waals surface area contributed by atoms with Crippen LogP contribution in [0.5, 0.6) is 5.75 Å². The average molecular weight is 444 g/mol. The van der Waals surface area contributed by atoms with E-state index in [9.17, 15) is 9.59 Å². The van der Waals surface area contributed by atoms with Crippen molar-refractivity contribution < 1.29 is 19.1 Å². The Balaban J connectivity index is 1.90. The van der Waals surface area contributed by atoms with E-state index in [0.717, 1.165) is 50.5 Å². The van der Waals surface area contributed by atoms with Gasteiger partial charge in [-0.25, -0.2) is 4.79 Å². The fourth-order valence-corrected chi connectivity index (χ4v) is 4.52. The van der Waals surface area contributed by atoms with Crippen LogP contribution in [0, 0.1) is 0 Å². The minimum Gasteiger partial charge on any atom is -0.493 e. The van der Waals surface area contributed by atoms with Crippen LogP contribution in [0.2, 0.25) is 5.02 Å². The molecule has 1 N–H and O–H groups in total. The van der Waals surface area contributed by atoms with Gasteiger partial charge in [0.2, 0.25) is 5.91 Å². The number of esters is 1. The molecule has 0 unspecified atom stereocenters. The van der Waals surface area contributed by atoms with Gasteiger partial charge in [-0.05, 0) is 49.1 Å². The molecule has 1 fully saturated rings. The highest BCUT2D eigenvalue weighted by Gasteiger charge is 2.42. The Hall–Kier alpha value is -2.53. The van der Waals surface area contributed by atoms with Crippen LogP contribution >= 0.6 is 11.6 Å². The average Bonchev–Trinajstić information content (AvgIpc) is 2.80. The summed E-state index contributed by atoms with van der Waals surface area (Å²) < 4.78 is 10.7. The molecule has 1 aliphatic rings. The second-order valence-corrected chi connectivity index (χ2v) is 8.39. The summed E-state index contributed by atoms with van der Waals surface area (Å²) >= 11 is 6.50. The molecule has 1 aliphatic carbocycles. The third-order valence-corrected chi connectivity index (χ3v) is 6.26. The van der Waals surface area contributed by atoms with Gasteiger partial charge in [-0.15, -0.1) is 0 Å². The summed E-state index contributed by atoms with van der Waals surface area (Å²) in [5.74, 6) is -0.145. The molecule has 0 bridgehead atoms. The van der Waals surface area contributed by atoms with Crippen LogP contribution in [-0.4, -0.2) is 25.6 Å². The van der Waals surface area contributed by atoms with Gasteiger partial charge in [-0.3, -0.25) is 4.79 Å². The van der Waals surface area contributed by atoms with Crippen LogP contribution in [-0.2, 0) is 14.9 Å². The molecule has 0 atom stereocenters. The van der Waals surface area contributed by atoms with Crippen molar-refractivity contribution in [3.05, 3.63) is 58.6 Å². The van der Waals surface area contributed by atoms with Crippen LogP contribution in [0.3, 0.4) is 0 Å². The highest BCUT2D eigenvalue weighted by Crippen LogP contribution is 2.43. The predicted molar refractivity (Wildman–Crippen MR) is 123 cm³/mol. The zero-order valence-electron chi connectivity index (χ0n) is 18.2. The van der Waals surface area contributed by atoms with Gasteiger partial charge in [-0.2, -0.15) is 0 Å². The van der Waals surface area contributed by atoms with Crippen molar-refractivity contribution in [2.24, 2.45) is 0 Å². The van der Waals surface area contributed by atoms with Crippen molar-refractivity contribution in [2.45, 2.75) is 57.3 Å². The summed E-state index contributed by atoms with van der Waals surface area (Å²) in [6, 6.07) is 12.7. The second kappa shape index (κ2) is 10.7. The number of methoxy groups -OCH3 is 1. The summed E-state index contributed by atoms with van der Waals surface area (Å²) in [5.41, 5.74) is 1.01. The molecule has 31 heavy (non-hydrogen) atoms. The number of hydrogen-bond acceptors (Lipinski definition) is 4. The highest BCUT2D eigenvalue weighted by atomic mass is 35.5. The third kappa shape index (κ3) is 5.21. The van der Waals surface area contributed by atoms with Crippen LogP contribution in [0.1, 0.15) is 67.8 Å². The first-order chi connectivity index (χ1) is 15.0. The minimum atomic E-state index is -0.682. The van der Waals surface area contributed by atoms with E-state index in [2.05, 4.69) is 12.2 Å². The number of carbonyl (C=O) groups excluding carboxylic acids is 2. The van der Waals surface area contributed by atoms with Crippen LogP contribution in [0.4, 0.5) is 5.69 Å². The Morgan fingerprint density at radius 2 is 1.84 bits per heavy atom. The Morgan fingerprint density at radius 1 is 1.10 bits per heavy atom. The Morgan fingerprint density at radius 3 is 2.52 bits per heavy atom. The van der Waals surface area contributed by atoms with E-state index in [-0.39, 0.29) is 5.91 Å². The first kappa shape index (κ1) is 23.1. The number of anilines is 1. The molecule has 0 aliphatic heterocycles. The van der Waals surface area contributed by atoms with E-state index in [4.69, 9.17) is 21.1 Å². The quantitative estimate of drug-likeness (QED) is 0.392. The molecule has 0 saturated heterocycles. The molecule has 0 spiro atoms. The first-order valence-electron chi connectivity index (χ1n) is 10.9. The molecule has 0 heterocycles. The van der Waals surface area contributed by atoms with Crippen LogP contribution in [0.15, 0.2) is 42.5 Å². The number of benzene rings is 2. The Bertz CT molecular complexity index is 921. The number of unbranched alkanes of at least 4 members (excludes halogenated alkanes) is 1. The number of amides is 1. The molecule has 6 heteroatoms. The first-order valence-corrected chi connectivity index (χ1v) is 11.3. The molecule has 2 aromatic rings. The molecule has 0 radical (unpaired) electrons. The lowest BCUT2D eigenvalue weighted by atomic mass is 9.68.